The van der Waals surface area contributed by atoms with Gasteiger partial charge in [0.05, 0.1) is 13.0 Å². The Labute approximate surface area is 122 Å². The molecule has 0 aromatic carbocycles. The zero-order valence-corrected chi connectivity index (χ0v) is 13.3. The van der Waals surface area contributed by atoms with E-state index in [1.165, 1.54) is 44.6 Å². The van der Waals surface area contributed by atoms with Gasteiger partial charge in [-0.1, -0.05) is 52.4 Å². The zero-order chi connectivity index (χ0) is 14.5. The Morgan fingerprint density at radius 3 is 2.37 bits per heavy atom. The van der Waals surface area contributed by atoms with Crippen molar-refractivity contribution in [2.75, 3.05) is 7.11 Å². The third kappa shape index (κ3) is 8.15. The molecule has 110 valence electrons. The molecule has 0 aliphatic rings. The number of unbranched alkanes of at least 4 members (excludes halogenated alkanes) is 4. The third-order valence-corrected chi connectivity index (χ3v) is 4.32. The van der Waals surface area contributed by atoms with E-state index < -0.39 is 0 Å². The molecule has 0 spiro atoms. The van der Waals surface area contributed by atoms with E-state index in [2.05, 4.69) is 19.2 Å². The van der Waals surface area contributed by atoms with Crippen molar-refractivity contribution in [2.24, 2.45) is 5.92 Å². The van der Waals surface area contributed by atoms with E-state index in [1.807, 2.05) is 0 Å². The van der Waals surface area contributed by atoms with Crippen molar-refractivity contribution in [3.05, 3.63) is 0 Å². The minimum absolute atomic E-state index is 0.0824. The first kappa shape index (κ1) is 18.3. The summed E-state index contributed by atoms with van der Waals surface area (Å²) in [6.45, 7) is 4.26. The predicted molar refractivity (Wildman–Crippen MR) is 80.8 cm³/mol. The summed E-state index contributed by atoms with van der Waals surface area (Å²) in [6.07, 6.45) is 8.72. The number of hydrogen-bond donors (Lipinski definition) is 0. The Bertz CT molecular complexity index is 276. The highest BCUT2D eigenvalue weighted by atomic mass is 32.2. The summed E-state index contributed by atoms with van der Waals surface area (Å²) >= 11 is 1.24. The van der Waals surface area contributed by atoms with Crippen LogP contribution in [-0.2, 0) is 9.53 Å². The van der Waals surface area contributed by atoms with E-state index in [-0.39, 0.29) is 17.1 Å². The lowest BCUT2D eigenvalue weighted by molar-refractivity contribution is -0.145. The predicted octanol–water partition coefficient (Wildman–Crippen LogP) is 4.52. The van der Waals surface area contributed by atoms with Crippen molar-refractivity contribution in [2.45, 2.75) is 70.5 Å². The van der Waals surface area contributed by atoms with E-state index >= 15 is 0 Å². The summed E-state index contributed by atoms with van der Waals surface area (Å²) in [7, 11) is 1.43. The molecule has 0 saturated heterocycles. The van der Waals surface area contributed by atoms with Crippen LogP contribution in [0.3, 0.4) is 0 Å². The molecule has 0 amide bonds. The van der Waals surface area contributed by atoms with Crippen LogP contribution in [0.5, 0.6) is 0 Å². The number of methoxy groups -OCH3 is 1. The first-order chi connectivity index (χ1) is 9.21. The van der Waals surface area contributed by atoms with E-state index in [4.69, 9.17) is 10.00 Å². The van der Waals surface area contributed by atoms with Crippen molar-refractivity contribution in [1.29, 1.82) is 5.26 Å². The molecule has 0 radical (unpaired) electrons. The van der Waals surface area contributed by atoms with Crippen molar-refractivity contribution < 1.29 is 9.53 Å². The second-order valence-corrected chi connectivity index (χ2v) is 5.89. The van der Waals surface area contributed by atoms with Crippen LogP contribution >= 0.6 is 11.8 Å². The molecule has 3 nitrogen and oxygen atoms in total. The van der Waals surface area contributed by atoms with Crippen LogP contribution < -0.4 is 0 Å². The highest BCUT2D eigenvalue weighted by Gasteiger charge is 2.28. The molecule has 0 saturated carbocycles. The van der Waals surface area contributed by atoms with Gasteiger partial charge >= 0.3 is 5.97 Å². The lowest BCUT2D eigenvalue weighted by Crippen LogP contribution is -2.27. The summed E-state index contributed by atoms with van der Waals surface area (Å²) in [5.41, 5.74) is 0. The van der Waals surface area contributed by atoms with Gasteiger partial charge < -0.3 is 4.74 Å². The number of esters is 1. The fourth-order valence-electron chi connectivity index (χ4n) is 2.28. The Morgan fingerprint density at radius 2 is 1.84 bits per heavy atom. The maximum absolute atomic E-state index is 11.8. The van der Waals surface area contributed by atoms with Gasteiger partial charge in [0.2, 0.25) is 0 Å². The number of hydrogen-bond acceptors (Lipinski definition) is 4. The Balaban J connectivity index is 4.31. The summed E-state index contributed by atoms with van der Waals surface area (Å²) in [5.74, 6) is -0.297. The van der Waals surface area contributed by atoms with Gasteiger partial charge in [0.15, 0.2) is 0 Å². The van der Waals surface area contributed by atoms with Gasteiger partial charge in [0.25, 0.3) is 0 Å². The number of thiocyanates is 1. The zero-order valence-electron chi connectivity index (χ0n) is 12.5. The van der Waals surface area contributed by atoms with E-state index in [0.29, 0.717) is 0 Å². The smallest absolute Gasteiger partial charge is 0.309 e. The first-order valence-electron chi connectivity index (χ1n) is 7.33. The number of ether oxygens (including phenoxy) is 1. The highest BCUT2D eigenvalue weighted by Crippen LogP contribution is 2.29. The molecule has 0 N–H and O–H groups in total. The molecular formula is C15H27NO2S. The Hall–Kier alpha value is -0.690. The van der Waals surface area contributed by atoms with Crippen LogP contribution in [0.4, 0.5) is 0 Å². The monoisotopic (exact) mass is 285 g/mol. The molecule has 0 aromatic rings. The lowest BCUT2D eigenvalue weighted by Gasteiger charge is -2.22. The van der Waals surface area contributed by atoms with Crippen molar-refractivity contribution in [3.63, 3.8) is 0 Å². The molecule has 0 aromatic heterocycles. The molecule has 0 aliphatic heterocycles. The molecule has 19 heavy (non-hydrogen) atoms. The average molecular weight is 285 g/mol. The molecule has 0 heterocycles. The fourth-order valence-corrected chi connectivity index (χ4v) is 3.11. The van der Waals surface area contributed by atoms with Gasteiger partial charge in [-0.2, -0.15) is 5.26 Å². The summed E-state index contributed by atoms with van der Waals surface area (Å²) < 4.78 is 4.88. The van der Waals surface area contributed by atoms with Crippen LogP contribution in [0.15, 0.2) is 0 Å². The number of carbonyl (C=O) groups excluding carboxylic acids is 1. The van der Waals surface area contributed by atoms with Crippen LogP contribution in [0.25, 0.3) is 0 Å². The normalized spacial score (nSPS) is 13.6. The van der Waals surface area contributed by atoms with E-state index in [1.54, 1.807) is 0 Å². The van der Waals surface area contributed by atoms with Crippen molar-refractivity contribution >= 4 is 17.7 Å². The summed E-state index contributed by atoms with van der Waals surface area (Å²) in [6, 6.07) is 0. The van der Waals surface area contributed by atoms with E-state index in [9.17, 15) is 4.79 Å². The average Bonchev–Trinajstić information content (AvgIpc) is 2.43. The molecule has 2 unspecified atom stereocenters. The quantitative estimate of drug-likeness (QED) is 0.318. The first-order valence-corrected chi connectivity index (χ1v) is 8.21. The minimum atomic E-state index is -0.164. The number of nitriles is 1. The van der Waals surface area contributed by atoms with Crippen molar-refractivity contribution in [1.82, 2.24) is 0 Å². The standard InChI is InChI=1S/C15H27NO2S/c1-4-6-7-8-9-11-14(19-12-16)13(10-5-2)15(17)18-3/h13-14H,4-11H2,1-3H3. The molecule has 4 heteroatoms. The van der Waals surface area contributed by atoms with E-state index in [0.717, 1.165) is 25.7 Å². The molecular weight excluding hydrogens is 258 g/mol. The van der Waals surface area contributed by atoms with Gasteiger partial charge in [0.1, 0.15) is 5.40 Å². The Kier molecular flexibility index (Phi) is 11.9. The van der Waals surface area contributed by atoms with Crippen LogP contribution in [-0.4, -0.2) is 18.3 Å². The molecule has 0 fully saturated rings. The number of carbonyl (C=O) groups is 1. The second-order valence-electron chi connectivity index (χ2n) is 4.87. The summed E-state index contributed by atoms with van der Waals surface area (Å²) in [4.78, 5) is 11.8. The molecule has 0 rings (SSSR count). The number of rotatable bonds is 11. The minimum Gasteiger partial charge on any atom is -0.469 e. The van der Waals surface area contributed by atoms with Gasteiger partial charge in [0, 0.05) is 5.25 Å². The second kappa shape index (κ2) is 12.3. The van der Waals surface area contributed by atoms with Gasteiger partial charge in [-0.3, -0.25) is 4.79 Å². The highest BCUT2D eigenvalue weighted by molar-refractivity contribution is 8.04. The van der Waals surface area contributed by atoms with Crippen LogP contribution in [0, 0.1) is 16.6 Å². The maximum atomic E-state index is 11.8. The lowest BCUT2D eigenvalue weighted by atomic mass is 9.95. The molecule has 2 atom stereocenters. The fraction of sp³-hybridized carbons (Fsp3) is 0.867. The van der Waals surface area contributed by atoms with Gasteiger partial charge in [-0.05, 0) is 24.6 Å². The number of nitrogens with zero attached hydrogens (tertiary/aromatic N) is 1. The molecule has 0 aliphatic carbocycles. The SMILES string of the molecule is CCCCCCCC(SC#N)C(CCC)C(=O)OC. The molecule has 0 bridgehead atoms. The maximum Gasteiger partial charge on any atom is 0.309 e. The van der Waals surface area contributed by atoms with Gasteiger partial charge in [-0.25, -0.2) is 0 Å². The number of thioether (sulfide) groups is 1. The Morgan fingerprint density at radius 1 is 1.16 bits per heavy atom. The third-order valence-electron chi connectivity index (χ3n) is 3.35. The van der Waals surface area contributed by atoms with Gasteiger partial charge in [-0.15, -0.1) is 0 Å². The summed E-state index contributed by atoms with van der Waals surface area (Å²) in [5, 5.41) is 11.1. The van der Waals surface area contributed by atoms with Crippen molar-refractivity contribution in [3.8, 4) is 5.40 Å². The largest absolute Gasteiger partial charge is 0.469 e. The topological polar surface area (TPSA) is 50.1 Å². The van der Waals surface area contributed by atoms with Crippen LogP contribution in [0.2, 0.25) is 0 Å². The van der Waals surface area contributed by atoms with Crippen LogP contribution in [0.1, 0.15) is 65.2 Å².